The van der Waals surface area contributed by atoms with E-state index >= 15 is 0 Å². The number of amides is 1. The first-order valence-electron chi connectivity index (χ1n) is 7.21. The smallest absolute Gasteiger partial charge is 0.340 e. The van der Waals surface area contributed by atoms with Gasteiger partial charge in [0.05, 0.1) is 16.7 Å². The van der Waals surface area contributed by atoms with Crippen LogP contribution in [-0.4, -0.2) is 29.0 Å². The van der Waals surface area contributed by atoms with Gasteiger partial charge in [0, 0.05) is 0 Å². The molecule has 126 valence electrons. The molecule has 0 saturated heterocycles. The second-order valence-electron chi connectivity index (χ2n) is 7.10. The summed E-state index contributed by atoms with van der Waals surface area (Å²) < 4.78 is 10.6. The lowest BCUT2D eigenvalue weighted by Gasteiger charge is -2.23. The molecule has 0 radical (unpaired) electrons. The topological polar surface area (TPSA) is 95.7 Å². The minimum absolute atomic E-state index is 0.0505. The monoisotopic (exact) mass is 321 g/mol. The van der Waals surface area contributed by atoms with Gasteiger partial charge in [0.2, 0.25) is 5.91 Å². The first kappa shape index (κ1) is 18.7. The Morgan fingerprint density at radius 3 is 1.70 bits per heavy atom. The van der Waals surface area contributed by atoms with Crippen molar-refractivity contribution in [2.45, 2.75) is 52.7 Å². The standard InChI is InChI=1S/C17H23NO5/c1-16(2,3)22-14(20)11-9-7-8-10(13(18)19)12(11)15(21)23-17(4,5)6/h7-9H,1-6H3,(H2,18,19). The lowest BCUT2D eigenvalue weighted by atomic mass is 9.99. The van der Waals surface area contributed by atoms with Gasteiger partial charge in [-0.25, -0.2) is 9.59 Å². The molecule has 1 rings (SSSR count). The van der Waals surface area contributed by atoms with Gasteiger partial charge in [-0.05, 0) is 53.7 Å². The number of hydrogen-bond donors (Lipinski definition) is 1. The zero-order chi connectivity index (χ0) is 18.0. The summed E-state index contributed by atoms with van der Waals surface area (Å²) in [6.45, 7) is 10.2. The van der Waals surface area contributed by atoms with Crippen LogP contribution in [0.4, 0.5) is 0 Å². The summed E-state index contributed by atoms with van der Waals surface area (Å²) in [5.74, 6) is -2.34. The first-order chi connectivity index (χ1) is 10.3. The van der Waals surface area contributed by atoms with Gasteiger partial charge in [0.25, 0.3) is 0 Å². The van der Waals surface area contributed by atoms with Gasteiger partial charge in [-0.2, -0.15) is 0 Å². The summed E-state index contributed by atoms with van der Waals surface area (Å²) in [5.41, 5.74) is 3.48. The fourth-order valence-electron chi connectivity index (χ4n) is 1.81. The van der Waals surface area contributed by atoms with Crippen LogP contribution >= 0.6 is 0 Å². The van der Waals surface area contributed by atoms with Crippen molar-refractivity contribution in [3.05, 3.63) is 34.9 Å². The van der Waals surface area contributed by atoms with E-state index in [1.165, 1.54) is 18.2 Å². The summed E-state index contributed by atoms with van der Waals surface area (Å²) >= 11 is 0. The minimum atomic E-state index is -0.823. The summed E-state index contributed by atoms with van der Waals surface area (Å²) in [7, 11) is 0. The Kier molecular flexibility index (Phi) is 5.20. The molecule has 0 atom stereocenters. The molecule has 0 fully saturated rings. The number of esters is 2. The maximum Gasteiger partial charge on any atom is 0.340 e. The van der Waals surface area contributed by atoms with Crippen molar-refractivity contribution >= 4 is 17.8 Å². The van der Waals surface area contributed by atoms with E-state index in [1.54, 1.807) is 41.5 Å². The van der Waals surface area contributed by atoms with Crippen molar-refractivity contribution in [3.63, 3.8) is 0 Å². The number of ether oxygens (including phenoxy) is 2. The lowest BCUT2D eigenvalue weighted by Crippen LogP contribution is -2.30. The second-order valence-corrected chi connectivity index (χ2v) is 7.10. The van der Waals surface area contributed by atoms with Crippen LogP contribution in [0, 0.1) is 0 Å². The van der Waals surface area contributed by atoms with E-state index in [0.717, 1.165) is 0 Å². The van der Waals surface area contributed by atoms with E-state index in [1.807, 2.05) is 0 Å². The zero-order valence-corrected chi connectivity index (χ0v) is 14.4. The fraction of sp³-hybridized carbons (Fsp3) is 0.471. The Morgan fingerprint density at radius 2 is 1.26 bits per heavy atom. The van der Waals surface area contributed by atoms with Gasteiger partial charge in [-0.3, -0.25) is 4.79 Å². The lowest BCUT2D eigenvalue weighted by molar-refractivity contribution is 0.00178. The highest BCUT2D eigenvalue weighted by Gasteiger charge is 2.29. The number of rotatable bonds is 3. The molecule has 0 bridgehead atoms. The van der Waals surface area contributed by atoms with E-state index in [9.17, 15) is 14.4 Å². The number of benzene rings is 1. The normalized spacial score (nSPS) is 11.7. The number of carbonyl (C=O) groups excluding carboxylic acids is 3. The van der Waals surface area contributed by atoms with Crippen molar-refractivity contribution in [1.82, 2.24) is 0 Å². The molecule has 0 unspecified atom stereocenters. The molecule has 0 saturated carbocycles. The van der Waals surface area contributed by atoms with Gasteiger partial charge >= 0.3 is 11.9 Å². The molecule has 0 aromatic heterocycles. The molecular formula is C17H23NO5. The molecule has 0 heterocycles. The van der Waals surface area contributed by atoms with Crippen LogP contribution in [0.1, 0.15) is 72.6 Å². The SMILES string of the molecule is CC(C)(C)OC(=O)c1cccc(C(N)=O)c1C(=O)OC(C)(C)C. The molecule has 6 heteroatoms. The predicted octanol–water partition coefficient (Wildman–Crippen LogP) is 2.70. The molecule has 2 N–H and O–H groups in total. The first-order valence-corrected chi connectivity index (χ1v) is 7.21. The highest BCUT2D eigenvalue weighted by Crippen LogP contribution is 2.22. The number of carbonyl (C=O) groups is 3. The third-order valence-corrected chi connectivity index (χ3v) is 2.55. The van der Waals surface area contributed by atoms with Crippen LogP contribution in [0.2, 0.25) is 0 Å². The maximum absolute atomic E-state index is 12.4. The van der Waals surface area contributed by atoms with Crippen molar-refractivity contribution in [3.8, 4) is 0 Å². The molecule has 0 aliphatic carbocycles. The molecular weight excluding hydrogens is 298 g/mol. The van der Waals surface area contributed by atoms with Crippen molar-refractivity contribution in [2.24, 2.45) is 5.73 Å². The van der Waals surface area contributed by atoms with Gasteiger partial charge < -0.3 is 15.2 Å². The quantitative estimate of drug-likeness (QED) is 0.863. The Balaban J connectivity index is 3.42. The third kappa shape index (κ3) is 5.39. The summed E-state index contributed by atoms with van der Waals surface area (Å²) in [5, 5.41) is 0. The number of primary amides is 1. The van der Waals surface area contributed by atoms with Crippen LogP contribution in [0.15, 0.2) is 18.2 Å². The van der Waals surface area contributed by atoms with E-state index < -0.39 is 29.0 Å². The molecule has 1 amide bonds. The molecule has 0 aliphatic heterocycles. The average molecular weight is 321 g/mol. The summed E-state index contributed by atoms with van der Waals surface area (Å²) in [6, 6.07) is 4.24. The van der Waals surface area contributed by atoms with Gasteiger partial charge in [0.15, 0.2) is 0 Å². The van der Waals surface area contributed by atoms with E-state index in [-0.39, 0.29) is 16.7 Å². The van der Waals surface area contributed by atoms with E-state index in [4.69, 9.17) is 15.2 Å². The highest BCUT2D eigenvalue weighted by molar-refractivity contribution is 6.11. The molecule has 23 heavy (non-hydrogen) atoms. The third-order valence-electron chi connectivity index (χ3n) is 2.55. The van der Waals surface area contributed by atoms with Crippen LogP contribution in [0.5, 0.6) is 0 Å². The van der Waals surface area contributed by atoms with Crippen LogP contribution < -0.4 is 5.73 Å². The molecule has 0 aliphatic rings. The van der Waals surface area contributed by atoms with E-state index in [0.29, 0.717) is 0 Å². The van der Waals surface area contributed by atoms with Gasteiger partial charge in [0.1, 0.15) is 11.2 Å². The largest absolute Gasteiger partial charge is 0.456 e. The Labute approximate surface area is 135 Å². The zero-order valence-electron chi connectivity index (χ0n) is 14.4. The molecule has 6 nitrogen and oxygen atoms in total. The van der Waals surface area contributed by atoms with Crippen molar-refractivity contribution in [1.29, 1.82) is 0 Å². The van der Waals surface area contributed by atoms with Gasteiger partial charge in [-0.1, -0.05) is 6.07 Å². The Morgan fingerprint density at radius 1 is 0.826 bits per heavy atom. The van der Waals surface area contributed by atoms with E-state index in [2.05, 4.69) is 0 Å². The number of nitrogens with two attached hydrogens (primary N) is 1. The molecule has 1 aromatic rings. The Bertz CT molecular complexity index is 635. The van der Waals surface area contributed by atoms with Crippen molar-refractivity contribution in [2.75, 3.05) is 0 Å². The molecule has 1 aromatic carbocycles. The van der Waals surface area contributed by atoms with Crippen molar-refractivity contribution < 1.29 is 23.9 Å². The summed E-state index contributed by atoms with van der Waals surface area (Å²) in [6.07, 6.45) is 0. The fourth-order valence-corrected chi connectivity index (χ4v) is 1.81. The van der Waals surface area contributed by atoms with Crippen LogP contribution in [0.3, 0.4) is 0 Å². The molecule has 0 spiro atoms. The number of hydrogen-bond acceptors (Lipinski definition) is 5. The summed E-state index contributed by atoms with van der Waals surface area (Å²) in [4.78, 5) is 36.4. The van der Waals surface area contributed by atoms with Crippen LogP contribution in [0.25, 0.3) is 0 Å². The Hall–Kier alpha value is -2.37. The average Bonchev–Trinajstić information content (AvgIpc) is 2.33. The van der Waals surface area contributed by atoms with Gasteiger partial charge in [-0.15, -0.1) is 0 Å². The van der Waals surface area contributed by atoms with Crippen LogP contribution in [-0.2, 0) is 9.47 Å². The second kappa shape index (κ2) is 6.40. The minimum Gasteiger partial charge on any atom is -0.456 e. The maximum atomic E-state index is 12.4. The highest BCUT2D eigenvalue weighted by atomic mass is 16.6. The predicted molar refractivity (Wildman–Crippen MR) is 85.3 cm³/mol.